The molecular weight excluding hydrogens is 331 g/mol. The third kappa shape index (κ3) is 2.38. The molecule has 0 radical (unpaired) electrons. The molecule has 1 aromatic rings. The molecule has 0 unspecified atom stereocenters. The van der Waals surface area contributed by atoms with E-state index in [1.54, 1.807) is 12.1 Å². The van der Waals surface area contributed by atoms with Crippen LogP contribution in [0.3, 0.4) is 0 Å². The fraction of sp³-hybridized carbons (Fsp3) is 0.611. The van der Waals surface area contributed by atoms with Gasteiger partial charge in [0.15, 0.2) is 0 Å². The summed E-state index contributed by atoms with van der Waals surface area (Å²) in [4.78, 5) is 13.0. The summed E-state index contributed by atoms with van der Waals surface area (Å²) < 4.78 is 13.8. The minimum atomic E-state index is -0.263. The molecule has 4 bridgehead atoms. The molecule has 0 saturated heterocycles. The molecule has 112 valence electrons. The maximum absolute atomic E-state index is 13.3. The van der Waals surface area contributed by atoms with E-state index in [1.807, 2.05) is 0 Å². The van der Waals surface area contributed by atoms with Crippen molar-refractivity contribution in [3.8, 4) is 0 Å². The van der Waals surface area contributed by atoms with Crippen LogP contribution in [0.15, 0.2) is 22.7 Å². The molecule has 0 atom stereocenters. The standard InChI is InChI=1S/C18H20BrFO/c19-15-6-11(1-2-16(15)20)7-17(21)18-8-12-3-13(9-18)5-14(4-12)10-18/h1-2,6,12-14H,3-5,7-10H2. The second-order valence-corrected chi connectivity index (χ2v) is 8.40. The van der Waals surface area contributed by atoms with E-state index in [0.29, 0.717) is 16.7 Å². The minimum absolute atomic E-state index is 0.0460. The van der Waals surface area contributed by atoms with Crippen molar-refractivity contribution in [2.24, 2.45) is 23.2 Å². The van der Waals surface area contributed by atoms with Gasteiger partial charge >= 0.3 is 0 Å². The van der Waals surface area contributed by atoms with Crippen LogP contribution in [0.5, 0.6) is 0 Å². The van der Waals surface area contributed by atoms with Crippen LogP contribution in [-0.4, -0.2) is 5.78 Å². The lowest BCUT2D eigenvalue weighted by atomic mass is 9.48. The zero-order chi connectivity index (χ0) is 14.6. The van der Waals surface area contributed by atoms with Crippen LogP contribution in [0.2, 0.25) is 0 Å². The first-order valence-electron chi connectivity index (χ1n) is 8.01. The van der Waals surface area contributed by atoms with Crippen molar-refractivity contribution in [1.82, 2.24) is 0 Å². The summed E-state index contributed by atoms with van der Waals surface area (Å²) in [7, 11) is 0. The Labute approximate surface area is 133 Å². The Kier molecular flexibility index (Phi) is 3.25. The van der Waals surface area contributed by atoms with Gasteiger partial charge in [0, 0.05) is 11.8 Å². The zero-order valence-electron chi connectivity index (χ0n) is 12.1. The first-order valence-corrected chi connectivity index (χ1v) is 8.81. The van der Waals surface area contributed by atoms with E-state index >= 15 is 0 Å². The predicted molar refractivity (Wildman–Crippen MR) is 83.4 cm³/mol. The summed E-state index contributed by atoms with van der Waals surface area (Å²) in [6.45, 7) is 0. The Hall–Kier alpha value is -0.700. The second-order valence-electron chi connectivity index (χ2n) is 7.55. The van der Waals surface area contributed by atoms with E-state index in [-0.39, 0.29) is 11.2 Å². The average Bonchev–Trinajstić information content (AvgIpc) is 2.41. The summed E-state index contributed by atoms with van der Waals surface area (Å²) in [5.74, 6) is 2.52. The molecular formula is C18H20BrFO. The van der Waals surface area contributed by atoms with E-state index in [2.05, 4.69) is 15.9 Å². The van der Waals surface area contributed by atoms with Crippen LogP contribution < -0.4 is 0 Å². The van der Waals surface area contributed by atoms with Crippen molar-refractivity contribution in [2.45, 2.75) is 44.9 Å². The highest BCUT2D eigenvalue weighted by molar-refractivity contribution is 9.10. The molecule has 0 heterocycles. The lowest BCUT2D eigenvalue weighted by Crippen LogP contribution is -2.50. The quantitative estimate of drug-likeness (QED) is 0.756. The number of carbonyl (C=O) groups is 1. The molecule has 1 nitrogen and oxygen atoms in total. The van der Waals surface area contributed by atoms with Gasteiger partial charge in [0.25, 0.3) is 0 Å². The van der Waals surface area contributed by atoms with E-state index in [4.69, 9.17) is 0 Å². The molecule has 4 fully saturated rings. The Bertz CT molecular complexity index is 560. The second kappa shape index (κ2) is 4.91. The third-order valence-electron chi connectivity index (χ3n) is 5.98. The number of ketones is 1. The van der Waals surface area contributed by atoms with Gasteiger partial charge in [0.1, 0.15) is 11.6 Å². The summed E-state index contributed by atoms with van der Waals surface area (Å²) in [6.07, 6.45) is 7.86. The molecule has 5 rings (SSSR count). The number of hydrogen-bond acceptors (Lipinski definition) is 1. The van der Waals surface area contributed by atoms with Crippen molar-refractivity contribution >= 4 is 21.7 Å². The average molecular weight is 351 g/mol. The highest BCUT2D eigenvalue weighted by atomic mass is 79.9. The Morgan fingerprint density at radius 3 is 2.24 bits per heavy atom. The number of halogens is 2. The molecule has 1 aromatic carbocycles. The molecule has 4 aliphatic rings. The molecule has 0 spiro atoms. The van der Waals surface area contributed by atoms with Crippen molar-refractivity contribution in [3.63, 3.8) is 0 Å². The van der Waals surface area contributed by atoms with E-state index < -0.39 is 0 Å². The van der Waals surface area contributed by atoms with Crippen molar-refractivity contribution < 1.29 is 9.18 Å². The molecule has 3 heteroatoms. The summed E-state index contributed by atoms with van der Waals surface area (Å²) in [5, 5.41) is 0. The first kappa shape index (κ1) is 13.9. The Morgan fingerprint density at radius 1 is 1.14 bits per heavy atom. The molecule has 4 aliphatic carbocycles. The minimum Gasteiger partial charge on any atom is -0.299 e. The number of Topliss-reactive ketones (excluding diaryl/α,β-unsaturated/α-hetero) is 1. The van der Waals surface area contributed by atoms with Crippen molar-refractivity contribution in [1.29, 1.82) is 0 Å². The lowest BCUT2D eigenvalue weighted by Gasteiger charge is -2.56. The number of carbonyl (C=O) groups excluding carboxylic acids is 1. The van der Waals surface area contributed by atoms with Crippen LogP contribution in [-0.2, 0) is 11.2 Å². The number of hydrogen-bond donors (Lipinski definition) is 0. The fourth-order valence-corrected chi connectivity index (χ4v) is 5.90. The Balaban J connectivity index is 1.56. The molecule has 4 saturated carbocycles. The van der Waals surface area contributed by atoms with E-state index in [0.717, 1.165) is 42.6 Å². The van der Waals surface area contributed by atoms with Crippen LogP contribution in [0.1, 0.15) is 44.1 Å². The maximum atomic E-state index is 13.3. The van der Waals surface area contributed by atoms with Gasteiger partial charge < -0.3 is 0 Å². The lowest BCUT2D eigenvalue weighted by molar-refractivity contribution is -0.143. The Morgan fingerprint density at radius 2 is 1.71 bits per heavy atom. The van der Waals surface area contributed by atoms with Gasteiger partial charge in [-0.05, 0) is 89.9 Å². The fourth-order valence-electron chi connectivity index (χ4n) is 5.47. The molecule has 21 heavy (non-hydrogen) atoms. The summed E-state index contributed by atoms with van der Waals surface area (Å²) >= 11 is 3.21. The normalized spacial score (nSPS) is 37.0. The number of benzene rings is 1. The maximum Gasteiger partial charge on any atom is 0.143 e. The van der Waals surface area contributed by atoms with Crippen LogP contribution in [0.25, 0.3) is 0 Å². The van der Waals surface area contributed by atoms with Gasteiger partial charge in [-0.2, -0.15) is 0 Å². The van der Waals surface area contributed by atoms with Crippen molar-refractivity contribution in [3.05, 3.63) is 34.1 Å². The smallest absolute Gasteiger partial charge is 0.143 e. The highest BCUT2D eigenvalue weighted by Crippen LogP contribution is 2.60. The molecule has 0 aromatic heterocycles. The summed E-state index contributed by atoms with van der Waals surface area (Å²) in [5.41, 5.74) is 0.888. The van der Waals surface area contributed by atoms with Crippen LogP contribution >= 0.6 is 15.9 Å². The predicted octanol–water partition coefficient (Wildman–Crippen LogP) is 4.92. The third-order valence-corrected chi connectivity index (χ3v) is 6.59. The molecule has 0 N–H and O–H groups in total. The van der Waals surface area contributed by atoms with Gasteiger partial charge in [-0.3, -0.25) is 4.79 Å². The number of rotatable bonds is 3. The van der Waals surface area contributed by atoms with Gasteiger partial charge in [0.05, 0.1) is 4.47 Å². The molecule has 0 amide bonds. The van der Waals surface area contributed by atoms with Gasteiger partial charge in [-0.25, -0.2) is 4.39 Å². The van der Waals surface area contributed by atoms with Gasteiger partial charge in [-0.1, -0.05) is 6.07 Å². The largest absolute Gasteiger partial charge is 0.299 e. The van der Waals surface area contributed by atoms with Gasteiger partial charge in [-0.15, -0.1) is 0 Å². The van der Waals surface area contributed by atoms with Crippen LogP contribution in [0.4, 0.5) is 4.39 Å². The van der Waals surface area contributed by atoms with Crippen molar-refractivity contribution in [2.75, 3.05) is 0 Å². The highest BCUT2D eigenvalue weighted by Gasteiger charge is 2.53. The zero-order valence-corrected chi connectivity index (χ0v) is 13.7. The van der Waals surface area contributed by atoms with Crippen LogP contribution in [0, 0.1) is 29.0 Å². The van der Waals surface area contributed by atoms with E-state index in [1.165, 1.54) is 25.3 Å². The molecule has 0 aliphatic heterocycles. The first-order chi connectivity index (χ1) is 10.0. The van der Waals surface area contributed by atoms with E-state index in [9.17, 15) is 9.18 Å². The topological polar surface area (TPSA) is 17.1 Å². The SMILES string of the molecule is O=C(Cc1ccc(F)c(Br)c1)C12CC3CC(CC(C3)C1)C2. The van der Waals surface area contributed by atoms with Gasteiger partial charge in [0.2, 0.25) is 0 Å². The summed E-state index contributed by atoms with van der Waals surface area (Å²) in [6, 6.07) is 4.96. The monoisotopic (exact) mass is 350 g/mol.